The Morgan fingerprint density at radius 3 is 2.65 bits per heavy atom. The fourth-order valence-electron chi connectivity index (χ4n) is 2.05. The summed E-state index contributed by atoms with van der Waals surface area (Å²) in [5.74, 6) is 1.55. The average Bonchev–Trinajstić information content (AvgIpc) is 3.13. The third kappa shape index (κ3) is 1.93. The van der Waals surface area contributed by atoms with Crippen LogP contribution in [0.5, 0.6) is 0 Å². The van der Waals surface area contributed by atoms with Gasteiger partial charge >= 0.3 is 0 Å². The van der Waals surface area contributed by atoms with E-state index >= 15 is 0 Å². The highest BCUT2D eigenvalue weighted by Crippen LogP contribution is 2.41. The summed E-state index contributed by atoms with van der Waals surface area (Å²) in [4.78, 5) is 4.03. The number of hydrogen-bond donors (Lipinski definition) is 0. The molecule has 1 aliphatic carbocycles. The van der Waals surface area contributed by atoms with Gasteiger partial charge in [-0.15, -0.1) is 10.2 Å². The Balaban J connectivity index is 2.00. The van der Waals surface area contributed by atoms with E-state index in [-0.39, 0.29) is 6.04 Å². The molecule has 2 aromatic rings. The minimum atomic E-state index is 0.149. The van der Waals surface area contributed by atoms with E-state index in [1.165, 1.54) is 18.4 Å². The molecule has 0 aromatic carbocycles. The maximum Gasteiger partial charge on any atom is 0.225 e. The molecule has 0 radical (unpaired) electrons. The smallest absolute Gasteiger partial charge is 0.225 e. The second-order valence-electron chi connectivity index (χ2n) is 4.43. The molecule has 1 saturated carbocycles. The minimum Gasteiger partial charge on any atom is -0.294 e. The van der Waals surface area contributed by atoms with E-state index in [0.29, 0.717) is 11.2 Å². The van der Waals surface area contributed by atoms with E-state index in [4.69, 9.17) is 11.6 Å². The minimum absolute atomic E-state index is 0.149. The van der Waals surface area contributed by atoms with Crippen molar-refractivity contribution in [1.29, 1.82) is 0 Å². The summed E-state index contributed by atoms with van der Waals surface area (Å²) >= 11 is 6.14. The van der Waals surface area contributed by atoms with Gasteiger partial charge in [0.1, 0.15) is 5.82 Å². The van der Waals surface area contributed by atoms with Crippen LogP contribution in [0.15, 0.2) is 24.5 Å². The van der Waals surface area contributed by atoms with Crippen LogP contribution >= 0.6 is 11.6 Å². The molecule has 17 heavy (non-hydrogen) atoms. The van der Waals surface area contributed by atoms with Crippen molar-refractivity contribution in [1.82, 2.24) is 19.7 Å². The molecular weight excluding hydrogens is 236 g/mol. The summed E-state index contributed by atoms with van der Waals surface area (Å²) in [5, 5.41) is 8.65. The van der Waals surface area contributed by atoms with E-state index in [1.807, 2.05) is 16.7 Å². The van der Waals surface area contributed by atoms with E-state index in [9.17, 15) is 0 Å². The number of nitrogens with zero attached hydrogens (tertiary/aromatic N) is 4. The molecule has 0 saturated heterocycles. The quantitative estimate of drug-likeness (QED) is 0.839. The fourth-order valence-corrected chi connectivity index (χ4v) is 2.32. The molecule has 0 N–H and O–H groups in total. The summed E-state index contributed by atoms with van der Waals surface area (Å²) in [6.07, 6.45) is 5.97. The fraction of sp³-hybridized carbons (Fsp3) is 0.417. The maximum atomic E-state index is 6.14. The Morgan fingerprint density at radius 2 is 2.00 bits per heavy atom. The van der Waals surface area contributed by atoms with Gasteiger partial charge in [0.05, 0.1) is 6.04 Å². The molecule has 5 heteroatoms. The van der Waals surface area contributed by atoms with Crippen molar-refractivity contribution < 1.29 is 0 Å². The molecule has 1 atom stereocenters. The summed E-state index contributed by atoms with van der Waals surface area (Å²) in [6, 6.07) is 4.14. The van der Waals surface area contributed by atoms with E-state index in [0.717, 1.165) is 5.82 Å². The number of halogens is 1. The monoisotopic (exact) mass is 248 g/mol. The zero-order chi connectivity index (χ0) is 11.8. The SMILES string of the molecule is CC(c1ccncc1)n1c(Cl)nnc1C1CC1. The average molecular weight is 249 g/mol. The van der Waals surface area contributed by atoms with Gasteiger partial charge in [0.2, 0.25) is 5.28 Å². The number of aromatic nitrogens is 4. The lowest BCUT2D eigenvalue weighted by Crippen LogP contribution is -2.10. The highest BCUT2D eigenvalue weighted by molar-refractivity contribution is 6.28. The molecule has 0 aliphatic heterocycles. The molecule has 0 bridgehead atoms. The van der Waals surface area contributed by atoms with Crippen LogP contribution in [0.4, 0.5) is 0 Å². The van der Waals surface area contributed by atoms with E-state index in [2.05, 4.69) is 22.1 Å². The predicted molar refractivity (Wildman–Crippen MR) is 65.1 cm³/mol. The number of pyridine rings is 1. The van der Waals surface area contributed by atoms with Crippen LogP contribution in [0, 0.1) is 0 Å². The maximum absolute atomic E-state index is 6.14. The summed E-state index contributed by atoms with van der Waals surface area (Å²) in [5.41, 5.74) is 1.17. The van der Waals surface area contributed by atoms with Gasteiger partial charge in [-0.05, 0) is 49.1 Å². The zero-order valence-electron chi connectivity index (χ0n) is 9.55. The first kappa shape index (κ1) is 10.7. The molecule has 88 valence electrons. The normalized spacial score (nSPS) is 17.1. The van der Waals surface area contributed by atoms with E-state index < -0.39 is 0 Å². The molecule has 4 nitrogen and oxygen atoms in total. The van der Waals surface area contributed by atoms with Gasteiger partial charge in [0.25, 0.3) is 0 Å². The molecule has 1 unspecified atom stereocenters. The third-order valence-electron chi connectivity index (χ3n) is 3.20. The van der Waals surface area contributed by atoms with Crippen LogP contribution in [0.2, 0.25) is 5.28 Å². The Labute approximate surface area is 105 Å². The van der Waals surface area contributed by atoms with Gasteiger partial charge in [-0.2, -0.15) is 0 Å². The highest BCUT2D eigenvalue weighted by Gasteiger charge is 2.31. The molecule has 1 aliphatic rings. The van der Waals surface area contributed by atoms with Crippen LogP contribution < -0.4 is 0 Å². The molecular formula is C12H13ClN4. The van der Waals surface area contributed by atoms with Crippen LogP contribution in [0.25, 0.3) is 0 Å². The largest absolute Gasteiger partial charge is 0.294 e. The van der Waals surface area contributed by atoms with Crippen molar-refractivity contribution in [2.75, 3.05) is 0 Å². The topological polar surface area (TPSA) is 43.6 Å². The summed E-state index contributed by atoms with van der Waals surface area (Å²) < 4.78 is 2.02. The van der Waals surface area contributed by atoms with E-state index in [1.54, 1.807) is 12.4 Å². The Morgan fingerprint density at radius 1 is 1.29 bits per heavy atom. The first-order valence-corrected chi connectivity index (χ1v) is 6.15. The standard InChI is InChI=1S/C12H13ClN4/c1-8(9-4-6-14-7-5-9)17-11(10-2-3-10)15-16-12(17)13/h4-8,10H,2-3H2,1H3. The molecule has 0 amide bonds. The molecule has 3 rings (SSSR count). The molecule has 1 fully saturated rings. The predicted octanol–water partition coefficient (Wildman–Crippen LogP) is 2.81. The Hall–Kier alpha value is -1.42. The van der Waals surface area contributed by atoms with Crippen LogP contribution in [0.1, 0.15) is 43.1 Å². The summed E-state index contributed by atoms with van der Waals surface area (Å²) in [7, 11) is 0. The van der Waals surface area contributed by atoms with Crippen LogP contribution in [-0.2, 0) is 0 Å². The third-order valence-corrected chi connectivity index (χ3v) is 3.46. The number of hydrogen-bond acceptors (Lipinski definition) is 3. The van der Waals surface area contributed by atoms with Crippen LogP contribution in [0.3, 0.4) is 0 Å². The zero-order valence-corrected chi connectivity index (χ0v) is 10.3. The van der Waals surface area contributed by atoms with Gasteiger partial charge in [0, 0.05) is 18.3 Å². The molecule has 2 aromatic heterocycles. The second-order valence-corrected chi connectivity index (χ2v) is 4.77. The van der Waals surface area contributed by atoms with Crippen molar-refractivity contribution in [3.8, 4) is 0 Å². The van der Waals surface area contributed by atoms with Crippen LogP contribution in [-0.4, -0.2) is 19.7 Å². The Kier molecular flexibility index (Phi) is 2.59. The van der Waals surface area contributed by atoms with Crippen molar-refractivity contribution in [2.24, 2.45) is 0 Å². The van der Waals surface area contributed by atoms with Gasteiger partial charge in [-0.3, -0.25) is 9.55 Å². The van der Waals surface area contributed by atoms with Gasteiger partial charge < -0.3 is 0 Å². The molecule has 2 heterocycles. The van der Waals surface area contributed by atoms with Gasteiger partial charge in [-0.1, -0.05) is 0 Å². The molecule has 0 spiro atoms. The van der Waals surface area contributed by atoms with Gasteiger partial charge in [-0.25, -0.2) is 0 Å². The van der Waals surface area contributed by atoms with Crippen molar-refractivity contribution >= 4 is 11.6 Å². The summed E-state index contributed by atoms with van der Waals surface area (Å²) in [6.45, 7) is 2.11. The van der Waals surface area contributed by atoms with Crippen molar-refractivity contribution in [3.05, 3.63) is 41.2 Å². The van der Waals surface area contributed by atoms with Crippen molar-refractivity contribution in [3.63, 3.8) is 0 Å². The Bertz CT molecular complexity index is 519. The second kappa shape index (κ2) is 4.11. The lowest BCUT2D eigenvalue weighted by Gasteiger charge is -2.16. The lowest BCUT2D eigenvalue weighted by molar-refractivity contribution is 0.602. The van der Waals surface area contributed by atoms with Crippen molar-refractivity contribution in [2.45, 2.75) is 31.7 Å². The number of rotatable bonds is 3. The van der Waals surface area contributed by atoms with Gasteiger partial charge in [0.15, 0.2) is 0 Å². The highest BCUT2D eigenvalue weighted by atomic mass is 35.5. The lowest BCUT2D eigenvalue weighted by atomic mass is 10.1. The first-order valence-electron chi connectivity index (χ1n) is 5.77. The first-order chi connectivity index (χ1) is 8.27.